The zero-order valence-electron chi connectivity index (χ0n) is 11.3. The Bertz CT molecular complexity index is 648. The van der Waals surface area contributed by atoms with E-state index in [2.05, 4.69) is 15.3 Å². The minimum absolute atomic E-state index is 0.122. The number of alkyl halides is 3. The number of hydrogen-bond acceptors (Lipinski definition) is 3. The van der Waals surface area contributed by atoms with E-state index in [9.17, 15) is 13.2 Å². The van der Waals surface area contributed by atoms with Gasteiger partial charge in [0.1, 0.15) is 7.85 Å². The second-order valence-electron chi connectivity index (χ2n) is 5.51. The third-order valence-electron chi connectivity index (χ3n) is 2.49. The molecule has 1 aromatic carbocycles. The molecule has 0 atom stereocenters. The van der Waals surface area contributed by atoms with Crippen LogP contribution in [0.15, 0.2) is 18.2 Å². The molecule has 1 aromatic heterocycles. The summed E-state index contributed by atoms with van der Waals surface area (Å²) in [5.74, 6) is -0.310. The van der Waals surface area contributed by atoms with Crippen molar-refractivity contribution in [2.75, 3.05) is 5.32 Å². The monoisotopic (exact) mass is 279 g/mol. The Hall–Kier alpha value is -1.79. The number of hydrogen-bond donors (Lipinski definition) is 1. The van der Waals surface area contributed by atoms with Crippen LogP contribution in [0.3, 0.4) is 0 Å². The van der Waals surface area contributed by atoms with Crippen molar-refractivity contribution in [2.24, 2.45) is 0 Å². The Morgan fingerprint density at radius 3 is 2.30 bits per heavy atom. The maximum atomic E-state index is 13.1. The number of para-hydroxylation sites is 1. The van der Waals surface area contributed by atoms with Crippen LogP contribution in [0.5, 0.6) is 0 Å². The Balaban J connectivity index is 2.71. The highest BCUT2D eigenvalue weighted by atomic mass is 19.4. The van der Waals surface area contributed by atoms with Crippen LogP contribution >= 0.6 is 0 Å². The number of anilines is 1. The molecule has 0 saturated carbocycles. The zero-order valence-corrected chi connectivity index (χ0v) is 11.3. The maximum Gasteiger partial charge on any atom is 0.437 e. The predicted molar refractivity (Wildman–Crippen MR) is 73.3 cm³/mol. The Morgan fingerprint density at radius 2 is 1.75 bits per heavy atom. The number of rotatable bonds is 1. The van der Waals surface area contributed by atoms with E-state index in [0.29, 0.717) is 5.46 Å². The highest BCUT2D eigenvalue weighted by molar-refractivity contribution is 6.38. The molecule has 0 aliphatic rings. The molecule has 3 nitrogen and oxygen atoms in total. The van der Waals surface area contributed by atoms with E-state index in [0.717, 1.165) is 0 Å². The van der Waals surface area contributed by atoms with Crippen LogP contribution in [0.4, 0.5) is 19.0 Å². The van der Waals surface area contributed by atoms with Crippen molar-refractivity contribution in [1.82, 2.24) is 9.97 Å². The fourth-order valence-electron chi connectivity index (χ4n) is 1.74. The van der Waals surface area contributed by atoms with Gasteiger partial charge in [-0.05, 0) is 26.8 Å². The van der Waals surface area contributed by atoms with E-state index >= 15 is 0 Å². The lowest BCUT2D eigenvalue weighted by molar-refractivity contribution is -0.140. The smallest absolute Gasteiger partial charge is 0.364 e. The lowest BCUT2D eigenvalue weighted by Crippen LogP contribution is -2.29. The second kappa shape index (κ2) is 4.65. The van der Waals surface area contributed by atoms with Gasteiger partial charge in [-0.15, -0.1) is 0 Å². The molecule has 2 radical (unpaired) electrons. The summed E-state index contributed by atoms with van der Waals surface area (Å²) < 4.78 is 39.2. The van der Waals surface area contributed by atoms with Gasteiger partial charge in [0.2, 0.25) is 0 Å². The number of fused-ring (bicyclic) bond motifs is 1. The molecule has 7 heteroatoms. The van der Waals surface area contributed by atoms with E-state index in [4.69, 9.17) is 7.85 Å². The lowest BCUT2D eigenvalue weighted by Gasteiger charge is -2.23. The first kappa shape index (κ1) is 14.6. The number of halogens is 3. The largest absolute Gasteiger partial charge is 0.437 e. The van der Waals surface area contributed by atoms with Crippen LogP contribution in [0, 0.1) is 0 Å². The molecular weight excluding hydrogens is 266 g/mol. The van der Waals surface area contributed by atoms with E-state index in [1.54, 1.807) is 32.9 Å². The van der Waals surface area contributed by atoms with E-state index in [1.807, 2.05) is 0 Å². The second-order valence-corrected chi connectivity index (χ2v) is 5.51. The van der Waals surface area contributed by atoms with Crippen molar-refractivity contribution in [2.45, 2.75) is 32.5 Å². The van der Waals surface area contributed by atoms with Gasteiger partial charge in [0.15, 0.2) is 11.5 Å². The SMILES string of the molecule is [B]c1cccc2nc(C(F)(F)F)c(NC(C)(C)C)nc12. The highest BCUT2D eigenvalue weighted by Gasteiger charge is 2.37. The molecule has 1 N–H and O–H groups in total. The average Bonchev–Trinajstić information content (AvgIpc) is 2.26. The number of benzene rings is 1. The van der Waals surface area contributed by atoms with Crippen LogP contribution < -0.4 is 10.8 Å². The number of nitrogens with zero attached hydrogens (tertiary/aromatic N) is 2. The Morgan fingerprint density at radius 1 is 1.10 bits per heavy atom. The third-order valence-corrected chi connectivity index (χ3v) is 2.49. The number of nitrogens with one attached hydrogen (secondary N) is 1. The minimum Gasteiger partial charge on any atom is -0.364 e. The van der Waals surface area contributed by atoms with Crippen LogP contribution in [0.1, 0.15) is 26.5 Å². The van der Waals surface area contributed by atoms with Crippen LogP contribution in [0.25, 0.3) is 11.0 Å². The van der Waals surface area contributed by atoms with Gasteiger partial charge in [-0.1, -0.05) is 17.6 Å². The zero-order chi connectivity index (χ0) is 15.1. The predicted octanol–water partition coefficient (Wildman–Crippen LogP) is 2.65. The van der Waals surface area contributed by atoms with Gasteiger partial charge < -0.3 is 5.32 Å². The van der Waals surface area contributed by atoms with Crippen molar-refractivity contribution in [3.63, 3.8) is 0 Å². The fraction of sp³-hybridized carbons (Fsp3) is 0.385. The fourth-order valence-corrected chi connectivity index (χ4v) is 1.74. The van der Waals surface area contributed by atoms with Gasteiger partial charge in [0, 0.05) is 5.54 Å². The molecule has 0 bridgehead atoms. The van der Waals surface area contributed by atoms with Crippen LogP contribution in [-0.4, -0.2) is 23.4 Å². The van der Waals surface area contributed by atoms with Crippen molar-refractivity contribution < 1.29 is 13.2 Å². The van der Waals surface area contributed by atoms with Gasteiger partial charge in [-0.2, -0.15) is 13.2 Å². The summed E-state index contributed by atoms with van der Waals surface area (Å²) >= 11 is 0. The minimum atomic E-state index is -4.58. The standard InChI is InChI=1S/C13H13BF3N3/c1-12(2,3)20-11-10(13(15,16)17)18-8-6-4-5-7(14)9(8)19-11/h4-6H,1-3H3,(H,19,20). The van der Waals surface area contributed by atoms with E-state index in [-0.39, 0.29) is 16.9 Å². The summed E-state index contributed by atoms with van der Waals surface area (Å²) in [5, 5.41) is 2.73. The molecule has 0 saturated heterocycles. The molecule has 0 spiro atoms. The Labute approximate surface area is 116 Å². The molecule has 0 unspecified atom stereocenters. The molecule has 0 fully saturated rings. The van der Waals surface area contributed by atoms with Crippen LogP contribution in [-0.2, 0) is 6.18 Å². The normalized spacial score (nSPS) is 12.7. The molecule has 104 valence electrons. The molecule has 0 amide bonds. The van der Waals surface area contributed by atoms with Gasteiger partial charge in [-0.3, -0.25) is 0 Å². The van der Waals surface area contributed by atoms with E-state index in [1.165, 1.54) is 6.07 Å². The first-order chi connectivity index (χ1) is 9.08. The van der Waals surface area contributed by atoms with Gasteiger partial charge in [0.05, 0.1) is 11.0 Å². The van der Waals surface area contributed by atoms with Crippen molar-refractivity contribution in [1.29, 1.82) is 0 Å². The summed E-state index contributed by atoms with van der Waals surface area (Å²) in [6.07, 6.45) is -4.58. The van der Waals surface area contributed by atoms with Crippen molar-refractivity contribution >= 4 is 30.2 Å². The van der Waals surface area contributed by atoms with E-state index < -0.39 is 17.4 Å². The first-order valence-corrected chi connectivity index (χ1v) is 5.99. The highest BCUT2D eigenvalue weighted by Crippen LogP contribution is 2.34. The van der Waals surface area contributed by atoms with Crippen molar-refractivity contribution in [3.8, 4) is 0 Å². The number of aromatic nitrogens is 2. The topological polar surface area (TPSA) is 37.8 Å². The quantitative estimate of drug-likeness (QED) is 0.815. The van der Waals surface area contributed by atoms with Crippen molar-refractivity contribution in [3.05, 3.63) is 23.9 Å². The average molecular weight is 279 g/mol. The summed E-state index contributed by atoms with van der Waals surface area (Å²) in [6, 6.07) is 4.57. The Kier molecular flexibility index (Phi) is 3.40. The lowest BCUT2D eigenvalue weighted by atomic mass is 9.94. The van der Waals surface area contributed by atoms with Gasteiger partial charge in [0.25, 0.3) is 0 Å². The molecule has 1 heterocycles. The van der Waals surface area contributed by atoms with Gasteiger partial charge >= 0.3 is 6.18 Å². The van der Waals surface area contributed by atoms with Gasteiger partial charge in [-0.25, -0.2) is 9.97 Å². The first-order valence-electron chi connectivity index (χ1n) is 5.99. The molecule has 20 heavy (non-hydrogen) atoms. The maximum absolute atomic E-state index is 13.1. The summed E-state index contributed by atoms with van der Waals surface area (Å²) in [7, 11) is 5.74. The third kappa shape index (κ3) is 3.03. The summed E-state index contributed by atoms with van der Waals surface area (Å²) in [4.78, 5) is 7.67. The summed E-state index contributed by atoms with van der Waals surface area (Å²) in [5.41, 5.74) is -0.943. The summed E-state index contributed by atoms with van der Waals surface area (Å²) in [6.45, 7) is 5.23. The molecular formula is C13H13BF3N3. The molecule has 0 aliphatic carbocycles. The molecule has 0 aliphatic heterocycles. The molecule has 2 rings (SSSR count). The molecule has 2 aromatic rings. The van der Waals surface area contributed by atoms with Crippen LogP contribution in [0.2, 0.25) is 0 Å².